The van der Waals surface area contributed by atoms with Crippen LogP contribution in [-0.2, 0) is 6.54 Å². The SMILES string of the molecule is Cc1nn(-c2ccccc2)c(C)c1CNC(=O)c1cnn(-c2ccccc2F)c1C. The molecule has 4 rings (SSSR count). The van der Waals surface area contributed by atoms with Crippen LogP contribution in [0.3, 0.4) is 0 Å². The summed E-state index contributed by atoms with van der Waals surface area (Å²) in [5.41, 5.74) is 5.05. The van der Waals surface area contributed by atoms with Crippen molar-refractivity contribution < 1.29 is 9.18 Å². The fraction of sp³-hybridized carbons (Fsp3) is 0.174. The second-order valence-electron chi connectivity index (χ2n) is 7.09. The van der Waals surface area contributed by atoms with Gasteiger partial charge in [-0.25, -0.2) is 13.8 Å². The number of nitrogens with one attached hydrogen (secondary N) is 1. The van der Waals surface area contributed by atoms with E-state index >= 15 is 0 Å². The number of rotatable bonds is 5. The zero-order valence-electron chi connectivity index (χ0n) is 17.1. The van der Waals surface area contributed by atoms with E-state index < -0.39 is 5.82 Å². The topological polar surface area (TPSA) is 64.7 Å². The molecule has 0 fully saturated rings. The van der Waals surface area contributed by atoms with Gasteiger partial charge in [0.15, 0.2) is 0 Å². The third-order valence-corrected chi connectivity index (χ3v) is 5.20. The second kappa shape index (κ2) is 7.94. The molecule has 0 saturated heterocycles. The van der Waals surface area contributed by atoms with Crippen LogP contribution in [-0.4, -0.2) is 25.5 Å². The summed E-state index contributed by atoms with van der Waals surface area (Å²) in [6, 6.07) is 16.2. The minimum absolute atomic E-state index is 0.263. The quantitative estimate of drug-likeness (QED) is 0.547. The van der Waals surface area contributed by atoms with Crippen molar-refractivity contribution >= 4 is 5.91 Å². The van der Waals surface area contributed by atoms with Gasteiger partial charge in [-0.1, -0.05) is 30.3 Å². The number of amides is 1. The van der Waals surface area contributed by atoms with Crippen molar-refractivity contribution in [3.05, 3.63) is 94.8 Å². The van der Waals surface area contributed by atoms with Gasteiger partial charge in [0.25, 0.3) is 5.91 Å². The van der Waals surface area contributed by atoms with Crippen LogP contribution in [0.2, 0.25) is 0 Å². The molecule has 1 N–H and O–H groups in total. The molecule has 2 aromatic heterocycles. The zero-order chi connectivity index (χ0) is 21.3. The Morgan fingerprint density at radius 2 is 1.67 bits per heavy atom. The lowest BCUT2D eigenvalue weighted by Gasteiger charge is -2.08. The fourth-order valence-corrected chi connectivity index (χ4v) is 3.51. The molecule has 0 radical (unpaired) electrons. The normalized spacial score (nSPS) is 10.9. The molecular formula is C23H22FN5O. The zero-order valence-corrected chi connectivity index (χ0v) is 17.1. The first-order chi connectivity index (χ1) is 14.5. The molecule has 0 aliphatic heterocycles. The minimum atomic E-state index is -0.393. The van der Waals surface area contributed by atoms with Crippen molar-refractivity contribution in [2.24, 2.45) is 0 Å². The van der Waals surface area contributed by atoms with Crippen LogP contribution in [0.1, 0.15) is 33.0 Å². The maximum atomic E-state index is 14.1. The minimum Gasteiger partial charge on any atom is -0.348 e. The van der Waals surface area contributed by atoms with Crippen LogP contribution in [0.15, 0.2) is 60.8 Å². The lowest BCUT2D eigenvalue weighted by Crippen LogP contribution is -2.24. The average Bonchev–Trinajstić information content (AvgIpc) is 3.27. The van der Waals surface area contributed by atoms with E-state index in [1.165, 1.54) is 16.9 Å². The highest BCUT2D eigenvalue weighted by molar-refractivity contribution is 5.95. The number of carbonyl (C=O) groups excluding carboxylic acids is 1. The molecule has 0 atom stereocenters. The fourth-order valence-electron chi connectivity index (χ4n) is 3.51. The number of halogens is 1. The summed E-state index contributed by atoms with van der Waals surface area (Å²) in [4.78, 5) is 12.8. The molecule has 0 bridgehead atoms. The number of para-hydroxylation sites is 2. The molecule has 0 unspecified atom stereocenters. The third-order valence-electron chi connectivity index (χ3n) is 5.20. The van der Waals surface area contributed by atoms with Gasteiger partial charge < -0.3 is 5.32 Å². The Hall–Kier alpha value is -3.74. The van der Waals surface area contributed by atoms with Gasteiger partial charge in [-0.15, -0.1) is 0 Å². The summed E-state index contributed by atoms with van der Waals surface area (Å²) >= 11 is 0. The Balaban J connectivity index is 1.54. The molecule has 2 heterocycles. The smallest absolute Gasteiger partial charge is 0.255 e. The highest BCUT2D eigenvalue weighted by Crippen LogP contribution is 2.19. The van der Waals surface area contributed by atoms with E-state index in [1.54, 1.807) is 25.1 Å². The predicted molar refractivity (Wildman–Crippen MR) is 112 cm³/mol. The first kappa shape index (κ1) is 19.6. The Kier molecular flexibility index (Phi) is 5.18. The molecule has 0 aliphatic carbocycles. The first-order valence-electron chi connectivity index (χ1n) is 9.65. The number of aromatic nitrogens is 4. The summed E-state index contributed by atoms with van der Waals surface area (Å²) in [6.45, 7) is 6.00. The van der Waals surface area contributed by atoms with Gasteiger partial charge in [0, 0.05) is 17.8 Å². The largest absolute Gasteiger partial charge is 0.348 e. The third kappa shape index (κ3) is 3.50. The van der Waals surface area contributed by atoms with E-state index in [0.29, 0.717) is 23.5 Å². The Morgan fingerprint density at radius 3 is 2.40 bits per heavy atom. The number of nitrogens with zero attached hydrogens (tertiary/aromatic N) is 4. The summed E-state index contributed by atoms with van der Waals surface area (Å²) in [5.74, 6) is -0.656. The van der Waals surface area contributed by atoms with Crippen molar-refractivity contribution in [3.8, 4) is 11.4 Å². The van der Waals surface area contributed by atoms with E-state index in [4.69, 9.17) is 0 Å². The lowest BCUT2D eigenvalue weighted by molar-refractivity contribution is 0.0950. The van der Waals surface area contributed by atoms with Crippen LogP contribution in [0.4, 0.5) is 4.39 Å². The van der Waals surface area contributed by atoms with Crippen LogP contribution in [0.5, 0.6) is 0 Å². The van der Waals surface area contributed by atoms with Crippen molar-refractivity contribution in [2.75, 3.05) is 0 Å². The number of carbonyl (C=O) groups is 1. The van der Waals surface area contributed by atoms with Crippen LogP contribution < -0.4 is 5.32 Å². The molecule has 1 amide bonds. The van der Waals surface area contributed by atoms with E-state index in [1.807, 2.05) is 48.9 Å². The summed E-state index contributed by atoms with van der Waals surface area (Å²) < 4.78 is 17.4. The van der Waals surface area contributed by atoms with Crippen LogP contribution >= 0.6 is 0 Å². The Morgan fingerprint density at radius 1 is 0.967 bits per heavy atom. The Labute approximate surface area is 174 Å². The summed E-state index contributed by atoms with van der Waals surface area (Å²) in [6.07, 6.45) is 1.46. The molecule has 152 valence electrons. The monoisotopic (exact) mass is 403 g/mol. The van der Waals surface area contributed by atoms with E-state index in [9.17, 15) is 9.18 Å². The highest BCUT2D eigenvalue weighted by Gasteiger charge is 2.18. The van der Waals surface area contributed by atoms with Crippen LogP contribution in [0.25, 0.3) is 11.4 Å². The van der Waals surface area contributed by atoms with Crippen LogP contribution in [0, 0.1) is 26.6 Å². The lowest BCUT2D eigenvalue weighted by atomic mass is 10.2. The number of hydrogen-bond acceptors (Lipinski definition) is 3. The van der Waals surface area contributed by atoms with Gasteiger partial charge in [0.2, 0.25) is 0 Å². The molecule has 0 saturated carbocycles. The molecular weight excluding hydrogens is 381 g/mol. The standard InChI is InChI=1S/C23H22FN5O/c1-15-19(16(2)28(27-15)18-9-5-4-6-10-18)13-25-23(30)20-14-26-29(17(20)3)22-12-8-7-11-21(22)24/h4-12,14H,13H2,1-3H3,(H,25,30). The van der Waals surface area contributed by atoms with Crippen molar-refractivity contribution in [1.29, 1.82) is 0 Å². The predicted octanol–water partition coefficient (Wildman–Crippen LogP) is 4.05. The van der Waals surface area contributed by atoms with Gasteiger partial charge in [-0.3, -0.25) is 4.79 Å². The molecule has 30 heavy (non-hydrogen) atoms. The number of hydrogen-bond donors (Lipinski definition) is 1. The van der Waals surface area contributed by atoms with Gasteiger partial charge >= 0.3 is 0 Å². The maximum Gasteiger partial charge on any atom is 0.255 e. The van der Waals surface area contributed by atoms with Crippen molar-refractivity contribution in [2.45, 2.75) is 27.3 Å². The molecule has 0 spiro atoms. The van der Waals surface area contributed by atoms with Crippen molar-refractivity contribution in [3.63, 3.8) is 0 Å². The van der Waals surface area contributed by atoms with Gasteiger partial charge in [-0.05, 0) is 45.0 Å². The Bertz CT molecular complexity index is 1210. The van der Waals surface area contributed by atoms with E-state index in [0.717, 1.165) is 22.6 Å². The highest BCUT2D eigenvalue weighted by atomic mass is 19.1. The van der Waals surface area contributed by atoms with Gasteiger partial charge in [0.05, 0.1) is 28.8 Å². The van der Waals surface area contributed by atoms with Gasteiger partial charge in [-0.2, -0.15) is 10.2 Å². The molecule has 6 nitrogen and oxygen atoms in total. The molecule has 2 aromatic carbocycles. The summed E-state index contributed by atoms with van der Waals surface area (Å²) in [5, 5.41) is 11.8. The molecule has 4 aromatic rings. The van der Waals surface area contributed by atoms with Crippen molar-refractivity contribution in [1.82, 2.24) is 24.9 Å². The van der Waals surface area contributed by atoms with E-state index in [2.05, 4.69) is 15.5 Å². The number of benzene rings is 2. The second-order valence-corrected chi connectivity index (χ2v) is 7.09. The first-order valence-corrected chi connectivity index (χ1v) is 9.65. The number of aryl methyl sites for hydroxylation is 1. The molecule has 7 heteroatoms. The van der Waals surface area contributed by atoms with Gasteiger partial charge in [0.1, 0.15) is 11.5 Å². The summed E-state index contributed by atoms with van der Waals surface area (Å²) in [7, 11) is 0. The molecule has 0 aliphatic rings. The average molecular weight is 403 g/mol. The maximum absolute atomic E-state index is 14.1. The van der Waals surface area contributed by atoms with E-state index in [-0.39, 0.29) is 5.91 Å².